The fraction of sp³-hybridized carbons (Fsp3) is 0.0588. The molecule has 19 heavy (non-hydrogen) atoms. The smallest absolute Gasteiger partial charge is 0.128 e. The van der Waals surface area contributed by atoms with Crippen LogP contribution in [0.4, 0.5) is 0 Å². The average Bonchev–Trinajstić information content (AvgIpc) is 2.85. The standard InChI is InChI=1S/C17H13NO/c1-19-15-8-4-5-11-9-10-13-12-6-2-3-7-14(12)18-17(13)16(11)15/h2-10,18H,1H3. The lowest BCUT2D eigenvalue weighted by molar-refractivity contribution is 0.420. The summed E-state index contributed by atoms with van der Waals surface area (Å²) in [6.07, 6.45) is 0. The highest BCUT2D eigenvalue weighted by Crippen LogP contribution is 2.35. The molecule has 2 heteroatoms. The number of ether oxygens (including phenoxy) is 1. The number of fused-ring (bicyclic) bond motifs is 5. The molecule has 0 aliphatic heterocycles. The first-order chi connectivity index (χ1) is 9.38. The molecule has 0 aliphatic rings. The van der Waals surface area contributed by atoms with Crippen LogP contribution in [-0.4, -0.2) is 12.1 Å². The summed E-state index contributed by atoms with van der Waals surface area (Å²) in [4.78, 5) is 3.52. The van der Waals surface area contributed by atoms with Crippen molar-refractivity contribution in [2.24, 2.45) is 0 Å². The predicted molar refractivity (Wildman–Crippen MR) is 79.9 cm³/mol. The molecule has 1 heterocycles. The molecule has 0 atom stereocenters. The third-order valence-corrected chi connectivity index (χ3v) is 3.70. The number of methoxy groups -OCH3 is 1. The zero-order valence-corrected chi connectivity index (χ0v) is 10.6. The maximum absolute atomic E-state index is 5.51. The van der Waals surface area contributed by atoms with Gasteiger partial charge in [0.1, 0.15) is 5.75 Å². The van der Waals surface area contributed by atoms with Crippen molar-refractivity contribution in [1.82, 2.24) is 4.98 Å². The minimum atomic E-state index is 0.912. The summed E-state index contributed by atoms with van der Waals surface area (Å²) < 4.78 is 5.51. The van der Waals surface area contributed by atoms with Crippen molar-refractivity contribution in [1.29, 1.82) is 0 Å². The maximum atomic E-state index is 5.51. The first-order valence-corrected chi connectivity index (χ1v) is 6.34. The molecule has 0 saturated carbocycles. The fourth-order valence-electron chi connectivity index (χ4n) is 2.83. The molecular formula is C17H13NO. The summed E-state index contributed by atoms with van der Waals surface area (Å²) in [7, 11) is 1.72. The molecule has 0 fully saturated rings. The molecule has 0 unspecified atom stereocenters. The third-order valence-electron chi connectivity index (χ3n) is 3.70. The lowest BCUT2D eigenvalue weighted by Gasteiger charge is -2.06. The van der Waals surface area contributed by atoms with Crippen LogP contribution >= 0.6 is 0 Å². The van der Waals surface area contributed by atoms with Crippen molar-refractivity contribution in [2.75, 3.05) is 7.11 Å². The molecule has 92 valence electrons. The van der Waals surface area contributed by atoms with Gasteiger partial charge in [-0.05, 0) is 17.5 Å². The van der Waals surface area contributed by atoms with Gasteiger partial charge < -0.3 is 9.72 Å². The Kier molecular flexibility index (Phi) is 2.06. The van der Waals surface area contributed by atoms with E-state index in [-0.39, 0.29) is 0 Å². The number of hydrogen-bond acceptors (Lipinski definition) is 1. The number of benzene rings is 3. The van der Waals surface area contributed by atoms with Gasteiger partial charge in [0.05, 0.1) is 12.6 Å². The van der Waals surface area contributed by atoms with E-state index in [4.69, 9.17) is 4.74 Å². The Balaban J connectivity index is 2.30. The Morgan fingerprint density at radius 1 is 0.842 bits per heavy atom. The average molecular weight is 247 g/mol. The van der Waals surface area contributed by atoms with Crippen LogP contribution in [0.25, 0.3) is 32.6 Å². The fourth-order valence-corrected chi connectivity index (χ4v) is 2.83. The van der Waals surface area contributed by atoms with Gasteiger partial charge in [-0.15, -0.1) is 0 Å². The summed E-state index contributed by atoms with van der Waals surface area (Å²) in [5, 5.41) is 4.84. The SMILES string of the molecule is COc1cccc2ccc3c4ccccc4[nH]c3c12. The molecule has 0 spiro atoms. The lowest BCUT2D eigenvalue weighted by Crippen LogP contribution is -1.85. The van der Waals surface area contributed by atoms with E-state index in [1.54, 1.807) is 7.11 Å². The summed E-state index contributed by atoms with van der Waals surface area (Å²) in [6, 6.07) is 18.9. The molecule has 0 aliphatic carbocycles. The van der Waals surface area contributed by atoms with Crippen LogP contribution in [0.15, 0.2) is 54.6 Å². The van der Waals surface area contributed by atoms with Crippen LogP contribution in [0.3, 0.4) is 0 Å². The van der Waals surface area contributed by atoms with Gasteiger partial charge in [0.2, 0.25) is 0 Å². The van der Waals surface area contributed by atoms with Crippen LogP contribution in [0.5, 0.6) is 5.75 Å². The van der Waals surface area contributed by atoms with E-state index in [2.05, 4.69) is 47.4 Å². The van der Waals surface area contributed by atoms with Crippen molar-refractivity contribution < 1.29 is 4.74 Å². The van der Waals surface area contributed by atoms with Crippen LogP contribution in [0.2, 0.25) is 0 Å². The second kappa shape index (κ2) is 3.75. The molecule has 0 bridgehead atoms. The number of para-hydroxylation sites is 1. The minimum Gasteiger partial charge on any atom is -0.496 e. The summed E-state index contributed by atoms with van der Waals surface area (Å²) in [5.41, 5.74) is 2.31. The number of aromatic amines is 1. The zero-order valence-electron chi connectivity index (χ0n) is 10.6. The second-order valence-electron chi connectivity index (χ2n) is 4.72. The highest BCUT2D eigenvalue weighted by atomic mass is 16.5. The Morgan fingerprint density at radius 2 is 1.74 bits per heavy atom. The molecule has 1 aromatic heterocycles. The largest absolute Gasteiger partial charge is 0.496 e. The van der Waals surface area contributed by atoms with Gasteiger partial charge in [-0.1, -0.05) is 42.5 Å². The van der Waals surface area contributed by atoms with Crippen molar-refractivity contribution in [2.45, 2.75) is 0 Å². The molecule has 4 aromatic rings. The minimum absolute atomic E-state index is 0.912. The maximum Gasteiger partial charge on any atom is 0.128 e. The normalized spacial score (nSPS) is 11.4. The van der Waals surface area contributed by atoms with Gasteiger partial charge >= 0.3 is 0 Å². The van der Waals surface area contributed by atoms with Gasteiger partial charge in [-0.3, -0.25) is 0 Å². The van der Waals surface area contributed by atoms with Crippen molar-refractivity contribution in [3.8, 4) is 5.75 Å². The van der Waals surface area contributed by atoms with E-state index in [1.165, 1.54) is 16.2 Å². The molecular weight excluding hydrogens is 234 g/mol. The van der Waals surface area contributed by atoms with E-state index < -0.39 is 0 Å². The van der Waals surface area contributed by atoms with Crippen molar-refractivity contribution in [3.63, 3.8) is 0 Å². The lowest BCUT2D eigenvalue weighted by atomic mass is 10.1. The van der Waals surface area contributed by atoms with Crippen LogP contribution in [0, 0.1) is 0 Å². The third kappa shape index (κ3) is 1.37. The number of H-pyrrole nitrogens is 1. The van der Waals surface area contributed by atoms with Crippen LogP contribution in [0.1, 0.15) is 0 Å². The molecule has 3 aromatic carbocycles. The first-order valence-electron chi connectivity index (χ1n) is 6.34. The van der Waals surface area contributed by atoms with E-state index in [0.717, 1.165) is 22.2 Å². The number of aromatic nitrogens is 1. The Bertz CT molecular complexity index is 905. The molecule has 0 saturated heterocycles. The molecule has 2 nitrogen and oxygen atoms in total. The van der Waals surface area contributed by atoms with E-state index >= 15 is 0 Å². The van der Waals surface area contributed by atoms with E-state index in [1.807, 2.05) is 12.1 Å². The topological polar surface area (TPSA) is 25.0 Å². The van der Waals surface area contributed by atoms with Gasteiger partial charge in [-0.2, -0.15) is 0 Å². The molecule has 0 radical (unpaired) electrons. The number of hydrogen-bond donors (Lipinski definition) is 1. The van der Waals surface area contributed by atoms with E-state index in [9.17, 15) is 0 Å². The summed E-state index contributed by atoms with van der Waals surface area (Å²) >= 11 is 0. The Labute approximate surface area is 110 Å². The van der Waals surface area contributed by atoms with Gasteiger partial charge in [0.15, 0.2) is 0 Å². The summed E-state index contributed by atoms with van der Waals surface area (Å²) in [6.45, 7) is 0. The Morgan fingerprint density at radius 3 is 2.63 bits per heavy atom. The van der Waals surface area contributed by atoms with E-state index in [0.29, 0.717) is 0 Å². The second-order valence-corrected chi connectivity index (χ2v) is 4.72. The van der Waals surface area contributed by atoms with Crippen molar-refractivity contribution >= 4 is 32.6 Å². The number of nitrogens with one attached hydrogen (secondary N) is 1. The van der Waals surface area contributed by atoms with Crippen LogP contribution in [-0.2, 0) is 0 Å². The molecule has 0 amide bonds. The summed E-state index contributed by atoms with van der Waals surface area (Å²) in [5.74, 6) is 0.912. The van der Waals surface area contributed by atoms with Gasteiger partial charge in [-0.25, -0.2) is 0 Å². The molecule has 4 rings (SSSR count). The number of rotatable bonds is 1. The van der Waals surface area contributed by atoms with Crippen LogP contribution < -0.4 is 4.74 Å². The van der Waals surface area contributed by atoms with Gasteiger partial charge in [0.25, 0.3) is 0 Å². The quantitative estimate of drug-likeness (QED) is 0.527. The first kappa shape index (κ1) is 10.4. The highest BCUT2D eigenvalue weighted by molar-refractivity contribution is 6.18. The highest BCUT2D eigenvalue weighted by Gasteiger charge is 2.10. The monoisotopic (exact) mass is 247 g/mol. The van der Waals surface area contributed by atoms with Gasteiger partial charge in [0, 0.05) is 21.7 Å². The molecule has 1 N–H and O–H groups in total. The zero-order chi connectivity index (χ0) is 12.8. The predicted octanol–water partition coefficient (Wildman–Crippen LogP) is 4.48. The van der Waals surface area contributed by atoms with Crippen molar-refractivity contribution in [3.05, 3.63) is 54.6 Å². The Hall–Kier alpha value is -2.48.